The van der Waals surface area contributed by atoms with Crippen molar-refractivity contribution in [3.8, 4) is 11.5 Å². The van der Waals surface area contributed by atoms with E-state index >= 15 is 0 Å². The number of aromatic nitrogens is 3. The van der Waals surface area contributed by atoms with E-state index in [9.17, 15) is 14.3 Å². The highest BCUT2D eigenvalue weighted by Crippen LogP contribution is 2.36. The maximum atomic E-state index is 14.1. The molecule has 0 aliphatic carbocycles. The number of furan rings is 1. The van der Waals surface area contributed by atoms with Gasteiger partial charge in [0.1, 0.15) is 35.1 Å². The van der Waals surface area contributed by atoms with Crippen LogP contribution in [0.3, 0.4) is 0 Å². The largest absolute Gasteiger partial charge is 0.457 e. The average Bonchev–Trinajstić information content (AvgIpc) is 3.52. The van der Waals surface area contributed by atoms with E-state index in [1.807, 2.05) is 0 Å². The zero-order valence-electron chi connectivity index (χ0n) is 20.8. The number of aliphatic hydroxyl groups is 1. The topological polar surface area (TPSA) is 123 Å². The maximum Gasteiger partial charge on any atom is 0.196 e. The van der Waals surface area contributed by atoms with Crippen molar-refractivity contribution in [3.05, 3.63) is 76.6 Å². The zero-order valence-corrected chi connectivity index (χ0v) is 21.6. The Morgan fingerprint density at radius 3 is 2.87 bits per heavy atom. The molecule has 0 bridgehead atoms. The van der Waals surface area contributed by atoms with E-state index in [4.69, 9.17) is 25.5 Å². The summed E-state index contributed by atoms with van der Waals surface area (Å²) < 4.78 is 31.4. The lowest BCUT2D eigenvalue weighted by Crippen LogP contribution is -2.36. The maximum absolute atomic E-state index is 14.1. The average molecular weight is 551 g/mol. The molecule has 0 spiro atoms. The number of hydrogen-bond donors (Lipinski definition) is 3. The highest BCUT2D eigenvalue weighted by Gasteiger charge is 2.25. The van der Waals surface area contributed by atoms with Crippen LogP contribution in [0.15, 0.2) is 53.3 Å². The van der Waals surface area contributed by atoms with Gasteiger partial charge in [-0.15, -0.1) is 0 Å². The molecule has 3 aromatic heterocycles. The summed E-state index contributed by atoms with van der Waals surface area (Å²) in [7, 11) is 0. The van der Waals surface area contributed by atoms with Crippen LogP contribution in [0.2, 0.25) is 5.02 Å². The molecule has 9 nitrogen and oxygen atoms in total. The van der Waals surface area contributed by atoms with Crippen LogP contribution in [0.5, 0.6) is 11.5 Å². The number of H-pyrrole nitrogens is 1. The minimum atomic E-state index is -0.463. The van der Waals surface area contributed by atoms with E-state index in [1.54, 1.807) is 31.3 Å². The van der Waals surface area contributed by atoms with Crippen molar-refractivity contribution in [1.29, 1.82) is 0 Å². The van der Waals surface area contributed by atoms with Crippen molar-refractivity contribution in [2.24, 2.45) is 0 Å². The monoisotopic (exact) mass is 550 g/mol. The number of anilines is 1. The third-order valence-corrected chi connectivity index (χ3v) is 7.03. The number of rotatable bonds is 7. The predicted molar refractivity (Wildman–Crippen MR) is 143 cm³/mol. The Kier molecular flexibility index (Phi) is 6.68. The summed E-state index contributed by atoms with van der Waals surface area (Å²) in [4.78, 5) is 25.3. The van der Waals surface area contributed by atoms with E-state index in [2.05, 4.69) is 20.3 Å². The molecule has 1 saturated heterocycles. The zero-order chi connectivity index (χ0) is 27.1. The fourth-order valence-corrected chi connectivity index (χ4v) is 5.07. The number of ketones is 1. The Morgan fingerprint density at radius 2 is 2.10 bits per heavy atom. The van der Waals surface area contributed by atoms with Gasteiger partial charge in [0.25, 0.3) is 0 Å². The summed E-state index contributed by atoms with van der Waals surface area (Å²) in [5.41, 5.74) is 1.52. The van der Waals surface area contributed by atoms with E-state index < -0.39 is 5.82 Å². The number of aryl methyl sites for hydroxylation is 1. The number of halogens is 2. The molecule has 5 aromatic rings. The SMILES string of the molecule is Cc1cc2cc(F)cc(Oc3ccc(C(=O)c4c[nH]c5ncnc(N[C@@H]6CC[C@@H](CO)OC6)c45)c(Cl)c3)c2o1. The summed E-state index contributed by atoms with van der Waals surface area (Å²) >= 11 is 6.54. The summed E-state index contributed by atoms with van der Waals surface area (Å²) in [6.07, 6.45) is 4.33. The number of carbonyl (C=O) groups is 1. The van der Waals surface area contributed by atoms with E-state index in [1.165, 1.54) is 24.5 Å². The molecule has 39 heavy (non-hydrogen) atoms. The third kappa shape index (κ3) is 4.94. The fourth-order valence-electron chi connectivity index (χ4n) is 4.81. The second-order valence-electron chi connectivity index (χ2n) is 9.46. The first-order chi connectivity index (χ1) is 18.9. The highest BCUT2D eigenvalue weighted by atomic mass is 35.5. The Labute approximate surface area is 226 Å². The first-order valence-corrected chi connectivity index (χ1v) is 12.8. The first-order valence-electron chi connectivity index (χ1n) is 12.4. The molecule has 11 heteroatoms. The lowest BCUT2D eigenvalue weighted by Gasteiger charge is -2.29. The van der Waals surface area contributed by atoms with Crippen LogP contribution < -0.4 is 10.1 Å². The fraction of sp³-hybridized carbons (Fsp3) is 0.250. The van der Waals surface area contributed by atoms with Crippen LogP contribution in [-0.4, -0.2) is 51.2 Å². The Hall–Kier alpha value is -3.99. The molecule has 200 valence electrons. The number of aliphatic hydroxyl groups excluding tert-OH is 1. The molecule has 2 atom stereocenters. The molecule has 2 aromatic carbocycles. The Bertz CT molecular complexity index is 1690. The number of nitrogens with zero attached hydrogens (tertiary/aromatic N) is 2. The molecular formula is C28H24ClFN4O5. The third-order valence-electron chi connectivity index (χ3n) is 6.71. The molecule has 1 aliphatic heterocycles. The van der Waals surface area contributed by atoms with Gasteiger partial charge in [-0.05, 0) is 44.0 Å². The number of carbonyl (C=O) groups excluding carboxylic acids is 1. The molecular weight excluding hydrogens is 527 g/mol. The van der Waals surface area contributed by atoms with Gasteiger partial charge < -0.3 is 29.3 Å². The van der Waals surface area contributed by atoms with Gasteiger partial charge in [0, 0.05) is 29.3 Å². The summed E-state index contributed by atoms with van der Waals surface area (Å²) in [6.45, 7) is 2.17. The van der Waals surface area contributed by atoms with Crippen molar-refractivity contribution in [3.63, 3.8) is 0 Å². The predicted octanol–water partition coefficient (Wildman–Crippen LogP) is 5.78. The van der Waals surface area contributed by atoms with Gasteiger partial charge in [0.05, 0.1) is 41.3 Å². The first kappa shape index (κ1) is 25.3. The molecule has 0 radical (unpaired) electrons. The highest BCUT2D eigenvalue weighted by molar-refractivity contribution is 6.35. The number of nitrogens with one attached hydrogen (secondary N) is 2. The van der Waals surface area contributed by atoms with Gasteiger partial charge in [-0.1, -0.05) is 11.6 Å². The lowest BCUT2D eigenvalue weighted by molar-refractivity contribution is -0.0224. The molecule has 1 fully saturated rings. The van der Waals surface area contributed by atoms with E-state index in [-0.39, 0.29) is 40.9 Å². The molecule has 0 unspecified atom stereocenters. The van der Waals surface area contributed by atoms with Gasteiger partial charge in [-0.3, -0.25) is 4.79 Å². The van der Waals surface area contributed by atoms with E-state index in [0.29, 0.717) is 57.9 Å². The van der Waals surface area contributed by atoms with Crippen molar-refractivity contribution in [2.75, 3.05) is 18.5 Å². The van der Waals surface area contributed by atoms with Crippen LogP contribution in [0.1, 0.15) is 34.5 Å². The number of hydrogen-bond acceptors (Lipinski definition) is 8. The molecule has 4 heterocycles. The van der Waals surface area contributed by atoms with E-state index in [0.717, 1.165) is 6.42 Å². The smallest absolute Gasteiger partial charge is 0.196 e. The standard InChI is InChI=1S/C28H24ClFN4O5/c1-14-6-15-7-16(30)8-23(26(15)38-14)39-18-4-5-20(22(29)9-18)25(36)21-10-31-27-24(21)28(33-13-32-27)34-17-2-3-19(11-35)37-12-17/h4-10,13,17,19,35H,2-3,11-12H2,1H3,(H2,31,32,33,34)/t17-,19+/m1/s1. The van der Waals surface area contributed by atoms with Crippen molar-refractivity contribution in [2.45, 2.75) is 31.9 Å². The summed E-state index contributed by atoms with van der Waals surface area (Å²) in [6, 6.07) is 8.95. The molecule has 6 rings (SSSR count). The van der Waals surface area contributed by atoms with Crippen LogP contribution in [0.25, 0.3) is 22.0 Å². The van der Waals surface area contributed by atoms with Gasteiger partial charge in [-0.2, -0.15) is 0 Å². The number of ether oxygens (including phenoxy) is 2. The molecule has 1 aliphatic rings. The van der Waals surface area contributed by atoms with Crippen LogP contribution in [-0.2, 0) is 4.74 Å². The summed E-state index contributed by atoms with van der Waals surface area (Å²) in [5.74, 6) is 0.859. The molecule has 3 N–H and O–H groups in total. The Morgan fingerprint density at radius 1 is 1.23 bits per heavy atom. The number of fused-ring (bicyclic) bond motifs is 2. The second kappa shape index (κ2) is 10.3. The quantitative estimate of drug-likeness (QED) is 0.218. The van der Waals surface area contributed by atoms with Gasteiger partial charge in [-0.25, -0.2) is 14.4 Å². The van der Waals surface area contributed by atoms with Crippen LogP contribution >= 0.6 is 11.6 Å². The second-order valence-corrected chi connectivity index (χ2v) is 9.86. The van der Waals surface area contributed by atoms with Crippen LogP contribution in [0, 0.1) is 12.7 Å². The molecule has 0 amide bonds. The van der Waals surface area contributed by atoms with Crippen molar-refractivity contribution < 1.29 is 28.2 Å². The molecule has 0 saturated carbocycles. The minimum Gasteiger partial charge on any atom is -0.457 e. The van der Waals surface area contributed by atoms with Gasteiger partial charge in [0.2, 0.25) is 0 Å². The van der Waals surface area contributed by atoms with Gasteiger partial charge >= 0.3 is 0 Å². The van der Waals surface area contributed by atoms with Gasteiger partial charge in [0.15, 0.2) is 17.1 Å². The van der Waals surface area contributed by atoms with Crippen molar-refractivity contribution >= 4 is 45.2 Å². The normalized spacial score (nSPS) is 17.5. The minimum absolute atomic E-state index is 0.0133. The van der Waals surface area contributed by atoms with Crippen LogP contribution in [0.4, 0.5) is 10.2 Å². The lowest BCUT2D eigenvalue weighted by atomic mass is 10.0. The Balaban J connectivity index is 1.27. The number of aromatic amines is 1. The summed E-state index contributed by atoms with van der Waals surface area (Å²) in [5, 5.41) is 13.9. The van der Waals surface area contributed by atoms with Crippen molar-refractivity contribution in [1.82, 2.24) is 15.0 Å². The number of benzene rings is 2.